The number of benzene rings is 2. The molecule has 1 heterocycles. The lowest BCUT2D eigenvalue weighted by molar-refractivity contribution is -0.137. The number of nitrogens with one attached hydrogen (secondary N) is 2. The van der Waals surface area contributed by atoms with E-state index in [1.54, 1.807) is 24.7 Å². The molecule has 25 heavy (non-hydrogen) atoms. The number of hydrogen-bond donors (Lipinski definition) is 2. The van der Waals surface area contributed by atoms with Crippen LogP contribution in [0.25, 0.3) is 0 Å². The summed E-state index contributed by atoms with van der Waals surface area (Å²) in [5.41, 5.74) is 1.96. The van der Waals surface area contributed by atoms with Gasteiger partial charge in [-0.2, -0.15) is 13.2 Å². The van der Waals surface area contributed by atoms with Crippen molar-refractivity contribution in [2.45, 2.75) is 12.6 Å². The average molecular weight is 345 g/mol. The number of nitrogens with zero attached hydrogens (tertiary/aromatic N) is 1. The minimum atomic E-state index is -4.42. The topological polar surface area (TPSA) is 57.8 Å². The molecular weight excluding hydrogens is 331 g/mol. The Morgan fingerprint density at radius 3 is 2.28 bits per heavy atom. The van der Waals surface area contributed by atoms with Gasteiger partial charge in [0.2, 0.25) is 0 Å². The number of aromatic nitrogens is 2. The zero-order valence-electron chi connectivity index (χ0n) is 13.0. The van der Waals surface area contributed by atoms with E-state index in [-0.39, 0.29) is 5.56 Å². The number of amides is 1. The van der Waals surface area contributed by atoms with Gasteiger partial charge in [0.05, 0.1) is 11.9 Å². The van der Waals surface area contributed by atoms with E-state index in [2.05, 4.69) is 15.3 Å². The van der Waals surface area contributed by atoms with Gasteiger partial charge in [-0.05, 0) is 42.0 Å². The molecule has 3 aromatic rings. The van der Waals surface area contributed by atoms with Gasteiger partial charge in [-0.1, -0.05) is 12.1 Å². The Morgan fingerprint density at radius 1 is 1.04 bits per heavy atom. The van der Waals surface area contributed by atoms with Gasteiger partial charge in [-0.3, -0.25) is 4.79 Å². The predicted octanol–water partition coefficient (Wildman–Crippen LogP) is 4.27. The van der Waals surface area contributed by atoms with Gasteiger partial charge < -0.3 is 10.3 Å². The van der Waals surface area contributed by atoms with Gasteiger partial charge in [0.1, 0.15) is 0 Å². The second-order valence-electron chi connectivity index (χ2n) is 5.48. The molecule has 1 amide bonds. The quantitative estimate of drug-likeness (QED) is 0.742. The number of hydrogen-bond acceptors (Lipinski definition) is 2. The van der Waals surface area contributed by atoms with Crippen LogP contribution >= 0.6 is 0 Å². The van der Waals surface area contributed by atoms with Crippen LogP contribution in [0.2, 0.25) is 0 Å². The molecule has 4 nitrogen and oxygen atoms in total. The highest BCUT2D eigenvalue weighted by Crippen LogP contribution is 2.29. The van der Waals surface area contributed by atoms with Crippen molar-refractivity contribution < 1.29 is 18.0 Å². The van der Waals surface area contributed by atoms with E-state index in [0.29, 0.717) is 12.1 Å². The zero-order valence-corrected chi connectivity index (χ0v) is 13.0. The fourth-order valence-electron chi connectivity index (χ4n) is 2.32. The first kappa shape index (κ1) is 16.8. The van der Waals surface area contributed by atoms with E-state index in [0.717, 1.165) is 35.5 Å². The summed E-state index contributed by atoms with van der Waals surface area (Å²) < 4.78 is 37.6. The maximum atomic E-state index is 12.5. The standard InChI is InChI=1S/C18H14F3N3O/c19-18(20,21)14-5-3-13(4-6-14)17(25)24-15-7-1-12(2-8-15)9-16-10-22-11-23-16/h1-8,10-11H,9H2,(H,22,23)(H,24,25). The van der Waals surface area contributed by atoms with Crippen molar-refractivity contribution in [2.75, 3.05) is 5.32 Å². The van der Waals surface area contributed by atoms with E-state index in [1.165, 1.54) is 0 Å². The number of rotatable bonds is 4. The molecule has 1 aromatic heterocycles. The van der Waals surface area contributed by atoms with E-state index in [1.807, 2.05) is 12.1 Å². The molecule has 0 fully saturated rings. The molecule has 0 spiro atoms. The largest absolute Gasteiger partial charge is 0.416 e. The van der Waals surface area contributed by atoms with Crippen LogP contribution in [0.4, 0.5) is 18.9 Å². The van der Waals surface area contributed by atoms with Crippen molar-refractivity contribution in [2.24, 2.45) is 0 Å². The van der Waals surface area contributed by atoms with Crippen LogP contribution in [0.5, 0.6) is 0 Å². The number of carbonyl (C=O) groups excluding carboxylic acids is 1. The maximum absolute atomic E-state index is 12.5. The number of H-pyrrole nitrogens is 1. The lowest BCUT2D eigenvalue weighted by Crippen LogP contribution is -2.12. The Hall–Kier alpha value is -3.09. The van der Waals surface area contributed by atoms with Crippen LogP contribution < -0.4 is 5.32 Å². The van der Waals surface area contributed by atoms with Crippen molar-refractivity contribution in [3.63, 3.8) is 0 Å². The second kappa shape index (κ2) is 6.80. The highest BCUT2D eigenvalue weighted by atomic mass is 19.4. The highest BCUT2D eigenvalue weighted by Gasteiger charge is 2.30. The number of alkyl halides is 3. The molecule has 2 aromatic carbocycles. The second-order valence-corrected chi connectivity index (χ2v) is 5.48. The van der Waals surface area contributed by atoms with Crippen molar-refractivity contribution in [3.05, 3.63) is 83.4 Å². The van der Waals surface area contributed by atoms with Crippen molar-refractivity contribution in [1.82, 2.24) is 9.97 Å². The van der Waals surface area contributed by atoms with Crippen molar-refractivity contribution >= 4 is 11.6 Å². The van der Waals surface area contributed by atoms with E-state index >= 15 is 0 Å². The summed E-state index contributed by atoms with van der Waals surface area (Å²) in [5, 5.41) is 2.66. The third-order valence-corrected chi connectivity index (χ3v) is 3.64. The van der Waals surface area contributed by atoms with Crippen LogP contribution in [-0.4, -0.2) is 15.9 Å². The lowest BCUT2D eigenvalue weighted by Gasteiger charge is -2.09. The number of imidazole rings is 1. The molecule has 7 heteroatoms. The number of aromatic amines is 1. The zero-order chi connectivity index (χ0) is 17.9. The fourth-order valence-corrected chi connectivity index (χ4v) is 2.32. The summed E-state index contributed by atoms with van der Waals surface area (Å²) in [4.78, 5) is 19.1. The van der Waals surface area contributed by atoms with E-state index in [4.69, 9.17) is 0 Å². The molecule has 3 rings (SSSR count). The lowest BCUT2D eigenvalue weighted by atomic mass is 10.1. The Bertz CT molecular complexity index is 839. The van der Waals surface area contributed by atoms with Gasteiger partial charge in [0.25, 0.3) is 5.91 Å². The van der Waals surface area contributed by atoms with Crippen LogP contribution in [-0.2, 0) is 12.6 Å². The summed E-state index contributed by atoms with van der Waals surface area (Å²) in [7, 11) is 0. The smallest absolute Gasteiger partial charge is 0.348 e. The molecule has 0 saturated heterocycles. The molecule has 0 aliphatic rings. The predicted molar refractivity (Wildman–Crippen MR) is 87.2 cm³/mol. The normalized spacial score (nSPS) is 11.3. The summed E-state index contributed by atoms with van der Waals surface area (Å²) >= 11 is 0. The van der Waals surface area contributed by atoms with Crippen molar-refractivity contribution in [1.29, 1.82) is 0 Å². The minimum Gasteiger partial charge on any atom is -0.348 e. The van der Waals surface area contributed by atoms with Gasteiger partial charge in [0.15, 0.2) is 0 Å². The average Bonchev–Trinajstić information content (AvgIpc) is 3.09. The summed E-state index contributed by atoms with van der Waals surface area (Å²) in [6.07, 6.45) is -0.388. The SMILES string of the molecule is O=C(Nc1ccc(Cc2cnc[nH]2)cc1)c1ccc(C(F)(F)F)cc1. The first-order chi connectivity index (χ1) is 11.9. The molecule has 0 radical (unpaired) electrons. The van der Waals surface area contributed by atoms with Gasteiger partial charge >= 0.3 is 6.18 Å². The Balaban J connectivity index is 1.64. The summed E-state index contributed by atoms with van der Waals surface area (Å²) in [5.74, 6) is -0.463. The molecule has 0 atom stereocenters. The summed E-state index contributed by atoms with van der Waals surface area (Å²) in [6.45, 7) is 0. The molecular formula is C18H14F3N3O. The Labute approximate surface area is 141 Å². The third kappa shape index (κ3) is 4.26. The molecule has 2 N–H and O–H groups in total. The summed E-state index contributed by atoms with van der Waals surface area (Å²) in [6, 6.07) is 11.3. The molecule has 128 valence electrons. The molecule has 0 unspecified atom stereocenters. The Morgan fingerprint density at radius 2 is 1.72 bits per heavy atom. The van der Waals surface area contributed by atoms with Crippen molar-refractivity contribution in [3.8, 4) is 0 Å². The first-order valence-electron chi connectivity index (χ1n) is 7.46. The van der Waals surface area contributed by atoms with E-state index < -0.39 is 17.6 Å². The molecule has 0 aliphatic heterocycles. The monoisotopic (exact) mass is 345 g/mol. The minimum absolute atomic E-state index is 0.162. The molecule has 0 saturated carbocycles. The highest BCUT2D eigenvalue weighted by molar-refractivity contribution is 6.04. The fraction of sp³-hybridized carbons (Fsp3) is 0.111. The van der Waals surface area contributed by atoms with Gasteiger partial charge in [0, 0.05) is 29.6 Å². The number of anilines is 1. The maximum Gasteiger partial charge on any atom is 0.416 e. The van der Waals surface area contributed by atoms with Crippen LogP contribution in [0, 0.1) is 0 Å². The molecule has 0 aliphatic carbocycles. The Kier molecular flexibility index (Phi) is 4.56. The first-order valence-corrected chi connectivity index (χ1v) is 7.46. The van der Waals surface area contributed by atoms with Gasteiger partial charge in [-0.25, -0.2) is 4.98 Å². The molecule has 0 bridgehead atoms. The van der Waals surface area contributed by atoms with E-state index in [9.17, 15) is 18.0 Å². The van der Waals surface area contributed by atoms with Crippen LogP contribution in [0.1, 0.15) is 27.2 Å². The third-order valence-electron chi connectivity index (χ3n) is 3.64. The number of halogens is 3. The number of carbonyl (C=O) groups is 1. The van der Waals surface area contributed by atoms with Crippen LogP contribution in [0.3, 0.4) is 0 Å². The van der Waals surface area contributed by atoms with Gasteiger partial charge in [-0.15, -0.1) is 0 Å². The van der Waals surface area contributed by atoms with Crippen LogP contribution in [0.15, 0.2) is 61.1 Å².